The van der Waals surface area contributed by atoms with Gasteiger partial charge in [-0.3, -0.25) is 0 Å². The minimum atomic E-state index is 0.826. The summed E-state index contributed by atoms with van der Waals surface area (Å²) in [4.78, 5) is 2.72. The molecule has 2 aliphatic rings. The summed E-state index contributed by atoms with van der Waals surface area (Å²) < 4.78 is 0. The Balaban J connectivity index is 1.61. The van der Waals surface area contributed by atoms with Crippen LogP contribution in [0.3, 0.4) is 0 Å². The van der Waals surface area contributed by atoms with Crippen LogP contribution in [0, 0.1) is 11.8 Å². The summed E-state index contributed by atoms with van der Waals surface area (Å²) in [6, 6.07) is 0.826. The number of nitrogens with zero attached hydrogens (tertiary/aromatic N) is 1. The predicted octanol–water partition coefficient (Wildman–Crippen LogP) is 2.89. The van der Waals surface area contributed by atoms with Crippen molar-refractivity contribution in [2.24, 2.45) is 11.8 Å². The molecule has 0 bridgehead atoms. The van der Waals surface area contributed by atoms with E-state index < -0.39 is 0 Å². The van der Waals surface area contributed by atoms with Crippen LogP contribution >= 0.6 is 0 Å². The molecule has 2 heterocycles. The van der Waals surface area contributed by atoms with Gasteiger partial charge in [0.2, 0.25) is 0 Å². The second-order valence-electron chi connectivity index (χ2n) is 6.35. The van der Waals surface area contributed by atoms with Crippen LogP contribution in [-0.2, 0) is 0 Å². The molecule has 0 aromatic rings. The van der Waals surface area contributed by atoms with Gasteiger partial charge in [0.15, 0.2) is 0 Å². The summed E-state index contributed by atoms with van der Waals surface area (Å²) in [5.41, 5.74) is 0. The molecule has 2 rings (SSSR count). The number of likely N-dealkylation sites (tertiary alicyclic amines) is 1. The van der Waals surface area contributed by atoms with Gasteiger partial charge in [-0.15, -0.1) is 0 Å². The SMILES string of the molecule is CC1CCN(CCCC2CCNCC2)C(C)C1. The Morgan fingerprint density at radius 3 is 2.59 bits per heavy atom. The van der Waals surface area contributed by atoms with E-state index in [-0.39, 0.29) is 0 Å². The van der Waals surface area contributed by atoms with E-state index in [0.717, 1.165) is 17.9 Å². The summed E-state index contributed by atoms with van der Waals surface area (Å²) in [6.45, 7) is 10.0. The van der Waals surface area contributed by atoms with Crippen molar-refractivity contribution in [2.75, 3.05) is 26.2 Å². The summed E-state index contributed by atoms with van der Waals surface area (Å²) in [6.07, 6.45) is 8.52. The highest BCUT2D eigenvalue weighted by molar-refractivity contribution is 4.77. The van der Waals surface area contributed by atoms with Gasteiger partial charge in [-0.05, 0) is 83.5 Å². The molecule has 2 unspecified atom stereocenters. The quantitative estimate of drug-likeness (QED) is 0.810. The number of hydrogen-bond donors (Lipinski definition) is 1. The zero-order chi connectivity index (χ0) is 12.1. The van der Waals surface area contributed by atoms with Crippen molar-refractivity contribution < 1.29 is 0 Å². The average Bonchev–Trinajstić information content (AvgIpc) is 2.33. The molecule has 1 N–H and O–H groups in total. The van der Waals surface area contributed by atoms with Gasteiger partial charge in [-0.25, -0.2) is 0 Å². The Morgan fingerprint density at radius 1 is 1.12 bits per heavy atom. The molecule has 0 aromatic heterocycles. The first-order valence-electron chi connectivity index (χ1n) is 7.70. The zero-order valence-corrected chi connectivity index (χ0v) is 11.8. The minimum Gasteiger partial charge on any atom is -0.317 e. The summed E-state index contributed by atoms with van der Waals surface area (Å²) in [5, 5.41) is 3.46. The van der Waals surface area contributed by atoms with Crippen molar-refractivity contribution in [1.82, 2.24) is 10.2 Å². The molecule has 0 aromatic carbocycles. The van der Waals surface area contributed by atoms with E-state index in [0.29, 0.717) is 0 Å². The molecular formula is C15H30N2. The second-order valence-corrected chi connectivity index (χ2v) is 6.35. The molecule has 2 saturated heterocycles. The molecule has 0 amide bonds. The molecule has 2 nitrogen and oxygen atoms in total. The molecule has 0 aliphatic carbocycles. The van der Waals surface area contributed by atoms with Crippen molar-refractivity contribution in [3.63, 3.8) is 0 Å². The highest BCUT2D eigenvalue weighted by atomic mass is 15.2. The van der Waals surface area contributed by atoms with Crippen molar-refractivity contribution in [2.45, 2.75) is 58.4 Å². The van der Waals surface area contributed by atoms with Gasteiger partial charge in [0, 0.05) is 6.04 Å². The maximum absolute atomic E-state index is 3.46. The highest BCUT2D eigenvalue weighted by Gasteiger charge is 2.22. The maximum atomic E-state index is 3.46. The second kappa shape index (κ2) is 6.75. The fraction of sp³-hybridized carbons (Fsp3) is 1.00. The largest absolute Gasteiger partial charge is 0.317 e. The van der Waals surface area contributed by atoms with Crippen LogP contribution in [0.15, 0.2) is 0 Å². The Bertz CT molecular complexity index is 211. The Morgan fingerprint density at radius 2 is 1.88 bits per heavy atom. The lowest BCUT2D eigenvalue weighted by atomic mass is 9.91. The summed E-state index contributed by atoms with van der Waals surface area (Å²) in [5.74, 6) is 1.96. The van der Waals surface area contributed by atoms with E-state index in [1.54, 1.807) is 0 Å². The molecule has 0 saturated carbocycles. The van der Waals surface area contributed by atoms with Crippen LogP contribution < -0.4 is 5.32 Å². The van der Waals surface area contributed by atoms with Crippen LogP contribution in [0.1, 0.15) is 52.4 Å². The summed E-state index contributed by atoms with van der Waals surface area (Å²) in [7, 11) is 0. The van der Waals surface area contributed by atoms with Crippen molar-refractivity contribution >= 4 is 0 Å². The normalized spacial score (nSPS) is 32.8. The van der Waals surface area contributed by atoms with E-state index in [2.05, 4.69) is 24.1 Å². The molecular weight excluding hydrogens is 208 g/mol. The molecule has 2 fully saturated rings. The van der Waals surface area contributed by atoms with E-state index in [1.165, 1.54) is 64.7 Å². The van der Waals surface area contributed by atoms with E-state index in [9.17, 15) is 0 Å². The first-order chi connectivity index (χ1) is 8.25. The Kier molecular flexibility index (Phi) is 5.30. The van der Waals surface area contributed by atoms with Gasteiger partial charge in [-0.1, -0.05) is 6.92 Å². The van der Waals surface area contributed by atoms with Crippen LogP contribution in [0.25, 0.3) is 0 Å². The van der Waals surface area contributed by atoms with E-state index in [1.807, 2.05) is 0 Å². The third-order valence-corrected chi connectivity index (χ3v) is 4.79. The maximum Gasteiger partial charge on any atom is 0.00694 e. The van der Waals surface area contributed by atoms with Gasteiger partial charge >= 0.3 is 0 Å². The van der Waals surface area contributed by atoms with Crippen molar-refractivity contribution in [3.05, 3.63) is 0 Å². The lowest BCUT2D eigenvalue weighted by Crippen LogP contribution is -2.40. The van der Waals surface area contributed by atoms with Crippen LogP contribution in [0.5, 0.6) is 0 Å². The molecule has 0 spiro atoms. The molecule has 0 radical (unpaired) electrons. The fourth-order valence-corrected chi connectivity index (χ4v) is 3.54. The number of nitrogens with one attached hydrogen (secondary N) is 1. The minimum absolute atomic E-state index is 0.826. The van der Waals surface area contributed by atoms with Crippen molar-refractivity contribution in [3.8, 4) is 0 Å². The van der Waals surface area contributed by atoms with Gasteiger partial charge in [0.1, 0.15) is 0 Å². The van der Waals surface area contributed by atoms with E-state index >= 15 is 0 Å². The highest BCUT2D eigenvalue weighted by Crippen LogP contribution is 2.23. The first-order valence-corrected chi connectivity index (χ1v) is 7.70. The lowest BCUT2D eigenvalue weighted by Gasteiger charge is -2.36. The first kappa shape index (κ1) is 13.4. The average molecular weight is 238 g/mol. The molecule has 2 atom stereocenters. The molecule has 2 heteroatoms. The van der Waals surface area contributed by atoms with Gasteiger partial charge < -0.3 is 10.2 Å². The topological polar surface area (TPSA) is 15.3 Å². The Hall–Kier alpha value is -0.0800. The fourth-order valence-electron chi connectivity index (χ4n) is 3.54. The monoisotopic (exact) mass is 238 g/mol. The smallest absolute Gasteiger partial charge is 0.00694 e. The van der Waals surface area contributed by atoms with Crippen LogP contribution in [0.2, 0.25) is 0 Å². The predicted molar refractivity (Wildman–Crippen MR) is 74.3 cm³/mol. The van der Waals surface area contributed by atoms with Crippen LogP contribution in [-0.4, -0.2) is 37.1 Å². The van der Waals surface area contributed by atoms with Gasteiger partial charge in [-0.2, -0.15) is 0 Å². The lowest BCUT2D eigenvalue weighted by molar-refractivity contribution is 0.124. The van der Waals surface area contributed by atoms with Gasteiger partial charge in [0.05, 0.1) is 0 Å². The number of piperidine rings is 2. The van der Waals surface area contributed by atoms with E-state index in [4.69, 9.17) is 0 Å². The molecule has 17 heavy (non-hydrogen) atoms. The van der Waals surface area contributed by atoms with Crippen molar-refractivity contribution in [1.29, 1.82) is 0 Å². The Labute approximate surface area is 107 Å². The van der Waals surface area contributed by atoms with Crippen LogP contribution in [0.4, 0.5) is 0 Å². The third kappa shape index (κ3) is 4.26. The zero-order valence-electron chi connectivity index (χ0n) is 11.8. The molecule has 2 aliphatic heterocycles. The standard InChI is InChI=1S/C15H30N2/c1-13-7-11-17(14(2)12-13)10-3-4-15-5-8-16-9-6-15/h13-16H,3-12H2,1-2H3. The third-order valence-electron chi connectivity index (χ3n) is 4.79. The molecule has 100 valence electrons. The number of rotatable bonds is 4. The van der Waals surface area contributed by atoms with Gasteiger partial charge in [0.25, 0.3) is 0 Å². The number of hydrogen-bond acceptors (Lipinski definition) is 2. The summed E-state index contributed by atoms with van der Waals surface area (Å²) >= 11 is 0.